The van der Waals surface area contributed by atoms with Crippen molar-refractivity contribution in [1.82, 2.24) is 24.8 Å². The van der Waals surface area contributed by atoms with E-state index in [1.54, 1.807) is 13.1 Å². The summed E-state index contributed by atoms with van der Waals surface area (Å²) in [4.78, 5) is 23.2. The summed E-state index contributed by atoms with van der Waals surface area (Å²) in [5, 5.41) is 23.2. The lowest BCUT2D eigenvalue weighted by molar-refractivity contribution is 0.194. The van der Waals surface area contributed by atoms with Gasteiger partial charge in [-0.25, -0.2) is 19.9 Å². The zero-order valence-electron chi connectivity index (χ0n) is 18.8. The zero-order chi connectivity index (χ0) is 22.8. The van der Waals surface area contributed by atoms with Gasteiger partial charge >= 0.3 is 0 Å². The topological polar surface area (TPSA) is 114 Å². The summed E-state index contributed by atoms with van der Waals surface area (Å²) >= 11 is 0. The van der Waals surface area contributed by atoms with Crippen LogP contribution in [0.2, 0.25) is 0 Å². The predicted molar refractivity (Wildman–Crippen MR) is 126 cm³/mol. The molecule has 5 heterocycles. The van der Waals surface area contributed by atoms with Gasteiger partial charge in [-0.15, -0.1) is 0 Å². The van der Waals surface area contributed by atoms with Crippen molar-refractivity contribution in [3.8, 4) is 6.07 Å². The van der Waals surface area contributed by atoms with E-state index in [2.05, 4.69) is 32.2 Å². The van der Waals surface area contributed by atoms with E-state index in [9.17, 15) is 5.11 Å². The van der Waals surface area contributed by atoms with Crippen molar-refractivity contribution in [2.75, 3.05) is 36.4 Å². The van der Waals surface area contributed by atoms with Crippen LogP contribution in [-0.2, 0) is 13.0 Å². The predicted octanol–water partition coefficient (Wildman–Crippen LogP) is 3.09. The SMILES string of the molecule is C[C@@H](O)c1cc2cnc(Nc3ccc4c(n3)CCN(CC#N)C4)nc2c(N2CCCCC2)n1. The number of aliphatic hydroxyl groups is 1. The van der Waals surface area contributed by atoms with Crippen LogP contribution in [0.25, 0.3) is 10.9 Å². The maximum Gasteiger partial charge on any atom is 0.229 e. The van der Waals surface area contributed by atoms with E-state index in [0.717, 1.165) is 73.4 Å². The van der Waals surface area contributed by atoms with E-state index in [4.69, 9.17) is 20.2 Å². The summed E-state index contributed by atoms with van der Waals surface area (Å²) in [7, 11) is 0. The van der Waals surface area contributed by atoms with Crippen LogP contribution in [0.3, 0.4) is 0 Å². The average Bonchev–Trinajstić information content (AvgIpc) is 2.84. The van der Waals surface area contributed by atoms with Gasteiger partial charge < -0.3 is 15.3 Å². The molecule has 5 rings (SSSR count). The summed E-state index contributed by atoms with van der Waals surface area (Å²) in [5.41, 5.74) is 3.62. The number of nitriles is 1. The highest BCUT2D eigenvalue weighted by Gasteiger charge is 2.20. The second-order valence-corrected chi connectivity index (χ2v) is 8.77. The van der Waals surface area contributed by atoms with Gasteiger partial charge in [0, 0.05) is 49.9 Å². The van der Waals surface area contributed by atoms with Gasteiger partial charge in [0.05, 0.1) is 24.4 Å². The summed E-state index contributed by atoms with van der Waals surface area (Å²) < 4.78 is 0. The van der Waals surface area contributed by atoms with Gasteiger partial charge in [0.1, 0.15) is 11.3 Å². The molecule has 170 valence electrons. The highest BCUT2D eigenvalue weighted by Crippen LogP contribution is 2.29. The van der Waals surface area contributed by atoms with E-state index in [1.807, 2.05) is 12.1 Å². The van der Waals surface area contributed by atoms with Crippen molar-refractivity contribution < 1.29 is 5.11 Å². The molecule has 9 nitrogen and oxygen atoms in total. The lowest BCUT2D eigenvalue weighted by atomic mass is 10.1. The molecule has 0 radical (unpaired) electrons. The van der Waals surface area contributed by atoms with Gasteiger partial charge in [0.2, 0.25) is 5.95 Å². The van der Waals surface area contributed by atoms with Gasteiger partial charge in [0.15, 0.2) is 5.82 Å². The van der Waals surface area contributed by atoms with Crippen LogP contribution in [0.15, 0.2) is 24.4 Å². The molecule has 0 unspecified atom stereocenters. The van der Waals surface area contributed by atoms with Crippen molar-refractivity contribution in [2.24, 2.45) is 0 Å². The molecule has 33 heavy (non-hydrogen) atoms. The number of rotatable bonds is 5. The average molecular weight is 445 g/mol. The monoisotopic (exact) mass is 444 g/mol. The van der Waals surface area contributed by atoms with Crippen molar-refractivity contribution >= 4 is 28.5 Å². The van der Waals surface area contributed by atoms with Crippen LogP contribution in [0.4, 0.5) is 17.6 Å². The van der Waals surface area contributed by atoms with Gasteiger partial charge in [0.25, 0.3) is 0 Å². The first-order valence-corrected chi connectivity index (χ1v) is 11.6. The molecule has 0 aliphatic carbocycles. The molecular formula is C24H28N8O. The van der Waals surface area contributed by atoms with Crippen LogP contribution in [0.1, 0.15) is 49.2 Å². The van der Waals surface area contributed by atoms with Crippen LogP contribution in [0, 0.1) is 11.3 Å². The maximum absolute atomic E-state index is 10.1. The Balaban J connectivity index is 1.45. The third kappa shape index (κ3) is 4.58. The largest absolute Gasteiger partial charge is 0.387 e. The number of nitrogens with zero attached hydrogens (tertiary/aromatic N) is 7. The molecule has 0 saturated carbocycles. The van der Waals surface area contributed by atoms with Crippen LogP contribution in [0.5, 0.6) is 0 Å². The second-order valence-electron chi connectivity index (χ2n) is 8.77. The molecule has 3 aromatic heterocycles. The Morgan fingerprint density at radius 2 is 2.00 bits per heavy atom. The number of pyridine rings is 2. The van der Waals surface area contributed by atoms with Crippen LogP contribution < -0.4 is 10.2 Å². The molecule has 2 N–H and O–H groups in total. The van der Waals surface area contributed by atoms with E-state index in [0.29, 0.717) is 24.0 Å². The molecule has 1 atom stereocenters. The quantitative estimate of drug-likeness (QED) is 0.573. The number of piperidine rings is 1. The van der Waals surface area contributed by atoms with Crippen molar-refractivity contribution in [3.05, 3.63) is 41.3 Å². The van der Waals surface area contributed by atoms with Gasteiger partial charge in [-0.1, -0.05) is 6.07 Å². The third-order valence-electron chi connectivity index (χ3n) is 6.31. The minimum Gasteiger partial charge on any atom is -0.387 e. The molecule has 0 aromatic carbocycles. The maximum atomic E-state index is 10.1. The fourth-order valence-corrected chi connectivity index (χ4v) is 4.54. The van der Waals surface area contributed by atoms with Crippen LogP contribution in [-0.4, -0.2) is 56.1 Å². The Morgan fingerprint density at radius 1 is 1.15 bits per heavy atom. The standard InChI is InChI=1S/C24H28N8O/c1-16(33)20-13-18-14-26-24(30-22(18)23(28-20)32-9-3-2-4-10-32)29-21-6-5-17-15-31(12-8-25)11-7-19(17)27-21/h5-6,13-14,16,33H,2-4,7,9-12,15H2,1H3,(H,26,27,29,30)/t16-/m1/s1. The van der Waals surface area contributed by atoms with E-state index in [1.165, 1.54) is 6.42 Å². The van der Waals surface area contributed by atoms with Crippen molar-refractivity contribution in [2.45, 2.75) is 45.3 Å². The summed E-state index contributed by atoms with van der Waals surface area (Å²) in [5.74, 6) is 1.99. The number of anilines is 3. The Hall–Kier alpha value is -3.35. The van der Waals surface area contributed by atoms with E-state index < -0.39 is 6.10 Å². The molecule has 9 heteroatoms. The summed E-state index contributed by atoms with van der Waals surface area (Å²) in [6.07, 6.45) is 5.43. The first-order chi connectivity index (χ1) is 16.1. The molecule has 1 fully saturated rings. The van der Waals surface area contributed by atoms with Crippen molar-refractivity contribution in [1.29, 1.82) is 5.26 Å². The number of aliphatic hydroxyl groups excluding tert-OH is 1. The molecule has 2 aliphatic heterocycles. The number of hydrogen-bond acceptors (Lipinski definition) is 9. The third-order valence-corrected chi connectivity index (χ3v) is 6.31. The summed E-state index contributed by atoms with van der Waals surface area (Å²) in [6.45, 7) is 5.63. The fourth-order valence-electron chi connectivity index (χ4n) is 4.54. The Kier molecular flexibility index (Phi) is 6.03. The normalized spacial score (nSPS) is 17.4. The lowest BCUT2D eigenvalue weighted by Gasteiger charge is -2.29. The van der Waals surface area contributed by atoms with E-state index >= 15 is 0 Å². The molecule has 0 bridgehead atoms. The number of nitrogens with one attached hydrogen (secondary N) is 1. The minimum absolute atomic E-state index is 0.439. The van der Waals surface area contributed by atoms with Crippen LogP contribution >= 0.6 is 0 Å². The zero-order valence-corrected chi connectivity index (χ0v) is 18.8. The van der Waals surface area contributed by atoms with Gasteiger partial charge in [-0.3, -0.25) is 4.90 Å². The smallest absolute Gasteiger partial charge is 0.229 e. The van der Waals surface area contributed by atoms with Crippen molar-refractivity contribution in [3.63, 3.8) is 0 Å². The number of aromatic nitrogens is 4. The molecule has 0 spiro atoms. The number of fused-ring (bicyclic) bond motifs is 2. The van der Waals surface area contributed by atoms with Gasteiger partial charge in [-0.05, 0) is 43.9 Å². The molecular weight excluding hydrogens is 416 g/mol. The molecule has 1 saturated heterocycles. The second kappa shape index (κ2) is 9.25. The molecule has 0 amide bonds. The molecule has 3 aromatic rings. The van der Waals surface area contributed by atoms with Gasteiger partial charge in [-0.2, -0.15) is 5.26 Å². The Bertz CT molecular complexity index is 1200. The number of hydrogen-bond donors (Lipinski definition) is 2. The Morgan fingerprint density at radius 3 is 2.79 bits per heavy atom. The van der Waals surface area contributed by atoms with E-state index in [-0.39, 0.29) is 0 Å². The highest BCUT2D eigenvalue weighted by molar-refractivity contribution is 5.89. The first-order valence-electron chi connectivity index (χ1n) is 11.6. The molecule has 2 aliphatic rings. The fraction of sp³-hybridized carbons (Fsp3) is 0.458. The Labute approximate surface area is 193 Å². The summed E-state index contributed by atoms with van der Waals surface area (Å²) in [6, 6.07) is 8.07. The minimum atomic E-state index is -0.653. The first kappa shape index (κ1) is 21.5. The highest BCUT2D eigenvalue weighted by atomic mass is 16.3. The lowest BCUT2D eigenvalue weighted by Crippen LogP contribution is -2.31.